The zero-order valence-electron chi connectivity index (χ0n) is 22.0. The normalized spacial score (nSPS) is 15.3. The number of rotatable bonds is 7. The van der Waals surface area contributed by atoms with E-state index in [-0.39, 0.29) is 12.5 Å². The lowest BCUT2D eigenvalue weighted by Gasteiger charge is -2.38. The minimum atomic E-state index is -0.558. The molecular weight excluding hydrogens is 506 g/mol. The zero-order valence-corrected chi connectivity index (χ0v) is 22.8. The van der Waals surface area contributed by atoms with Gasteiger partial charge in [0.1, 0.15) is 0 Å². The predicted molar refractivity (Wildman–Crippen MR) is 148 cm³/mol. The van der Waals surface area contributed by atoms with Crippen molar-refractivity contribution < 1.29 is 9.90 Å². The van der Waals surface area contributed by atoms with Gasteiger partial charge < -0.3 is 25.2 Å². The summed E-state index contributed by atoms with van der Waals surface area (Å²) in [4.78, 5) is 35.6. The van der Waals surface area contributed by atoms with Crippen molar-refractivity contribution in [2.75, 3.05) is 43.1 Å². The summed E-state index contributed by atoms with van der Waals surface area (Å²) in [6, 6.07) is 7.49. The number of carbonyl (C=O) groups is 1. The van der Waals surface area contributed by atoms with E-state index in [0.29, 0.717) is 72.1 Å². The van der Waals surface area contributed by atoms with Crippen LogP contribution in [0.5, 0.6) is 0 Å². The zero-order chi connectivity index (χ0) is 27.2. The number of hydrogen-bond donors (Lipinski definition) is 2. The lowest BCUT2D eigenvalue weighted by atomic mass is 9.80. The highest BCUT2D eigenvalue weighted by Crippen LogP contribution is 2.37. The largest absolute Gasteiger partial charge is 0.395 e. The Kier molecular flexibility index (Phi) is 6.74. The van der Waals surface area contributed by atoms with Crippen LogP contribution in [0.4, 0.5) is 11.8 Å². The molecule has 0 aliphatic carbocycles. The minimum Gasteiger partial charge on any atom is -0.395 e. The van der Waals surface area contributed by atoms with Crippen molar-refractivity contribution in [3.05, 3.63) is 41.2 Å². The molecule has 1 saturated heterocycles. The summed E-state index contributed by atoms with van der Waals surface area (Å²) < 4.78 is 3.95. The Labute approximate surface area is 225 Å². The molecule has 0 radical (unpaired) electrons. The summed E-state index contributed by atoms with van der Waals surface area (Å²) in [6.07, 6.45) is 3.03. The standard InChI is InChI=1S/C26H32ClN9O2/c1-16-15-29-22(34(16)4)23-30-19-20(35-11-9-26(2,10-12-35)24(28)38)31-25(33(3)13-14-37)32-21(19)36(23)18-7-5-17(27)6-8-18/h5-8,15,37H,9-14H2,1-4H3,(H2,28,38). The number of imidazole rings is 2. The van der Waals surface area contributed by atoms with Crippen LogP contribution in [-0.4, -0.2) is 73.4 Å². The Bertz CT molecular complexity index is 1490. The summed E-state index contributed by atoms with van der Waals surface area (Å²) in [5.74, 6) is 2.15. The van der Waals surface area contributed by atoms with Gasteiger partial charge in [-0.2, -0.15) is 9.97 Å². The van der Waals surface area contributed by atoms with E-state index >= 15 is 0 Å². The number of nitrogens with zero attached hydrogens (tertiary/aromatic N) is 8. The summed E-state index contributed by atoms with van der Waals surface area (Å²) in [5.41, 5.74) is 8.20. The van der Waals surface area contributed by atoms with E-state index in [0.717, 1.165) is 11.4 Å². The number of piperidine rings is 1. The van der Waals surface area contributed by atoms with Crippen LogP contribution < -0.4 is 15.5 Å². The van der Waals surface area contributed by atoms with Gasteiger partial charge in [0.05, 0.1) is 6.61 Å². The molecule has 4 heterocycles. The number of amides is 1. The lowest BCUT2D eigenvalue weighted by Crippen LogP contribution is -2.45. The average Bonchev–Trinajstić information content (AvgIpc) is 3.44. The number of aliphatic hydroxyl groups is 1. The lowest BCUT2D eigenvalue weighted by molar-refractivity contribution is -0.127. The van der Waals surface area contributed by atoms with Gasteiger partial charge in [-0.1, -0.05) is 18.5 Å². The van der Waals surface area contributed by atoms with E-state index in [1.165, 1.54) is 0 Å². The average molecular weight is 538 g/mol. The molecule has 0 unspecified atom stereocenters. The van der Waals surface area contributed by atoms with E-state index in [4.69, 9.17) is 32.3 Å². The van der Waals surface area contributed by atoms with Crippen LogP contribution in [0.25, 0.3) is 28.5 Å². The molecule has 0 saturated carbocycles. The molecule has 1 aliphatic rings. The molecule has 1 amide bonds. The molecule has 200 valence electrons. The third kappa shape index (κ3) is 4.45. The molecule has 5 rings (SSSR count). The van der Waals surface area contributed by atoms with Crippen LogP contribution in [0, 0.1) is 12.3 Å². The van der Waals surface area contributed by atoms with E-state index in [9.17, 15) is 9.90 Å². The van der Waals surface area contributed by atoms with E-state index in [1.807, 2.05) is 72.4 Å². The molecule has 38 heavy (non-hydrogen) atoms. The van der Waals surface area contributed by atoms with Crippen molar-refractivity contribution in [2.45, 2.75) is 26.7 Å². The topological polar surface area (TPSA) is 131 Å². The summed E-state index contributed by atoms with van der Waals surface area (Å²) >= 11 is 6.21. The van der Waals surface area contributed by atoms with Gasteiger partial charge in [-0.15, -0.1) is 0 Å². The van der Waals surface area contributed by atoms with Crippen molar-refractivity contribution in [3.8, 4) is 17.3 Å². The number of aromatic nitrogens is 6. The molecule has 11 nitrogen and oxygen atoms in total. The number of halogens is 1. The van der Waals surface area contributed by atoms with Gasteiger partial charge in [-0.05, 0) is 44.0 Å². The fraction of sp³-hybridized carbons (Fsp3) is 0.423. The molecule has 1 aromatic carbocycles. The maximum Gasteiger partial charge on any atom is 0.229 e. The molecule has 12 heteroatoms. The van der Waals surface area contributed by atoms with Gasteiger partial charge in [0.25, 0.3) is 0 Å². The van der Waals surface area contributed by atoms with Gasteiger partial charge in [-0.25, -0.2) is 9.97 Å². The van der Waals surface area contributed by atoms with E-state index in [2.05, 4.69) is 9.88 Å². The van der Waals surface area contributed by atoms with Gasteiger partial charge in [0.15, 0.2) is 28.6 Å². The quantitative estimate of drug-likeness (QED) is 0.368. The monoisotopic (exact) mass is 537 g/mol. The number of aryl methyl sites for hydroxylation is 1. The smallest absolute Gasteiger partial charge is 0.229 e. The molecule has 0 spiro atoms. The second-order valence-electron chi connectivity index (χ2n) is 10.1. The fourth-order valence-corrected chi connectivity index (χ4v) is 4.85. The number of nitrogens with two attached hydrogens (primary N) is 1. The highest BCUT2D eigenvalue weighted by atomic mass is 35.5. The first-order valence-electron chi connectivity index (χ1n) is 12.5. The Balaban J connectivity index is 1.76. The molecular formula is C26H32ClN9O2. The molecule has 1 fully saturated rings. The first-order chi connectivity index (χ1) is 18.1. The van der Waals surface area contributed by atoms with Crippen LogP contribution in [0.3, 0.4) is 0 Å². The Morgan fingerprint density at radius 2 is 1.84 bits per heavy atom. The van der Waals surface area contributed by atoms with Crippen LogP contribution >= 0.6 is 11.6 Å². The number of carbonyl (C=O) groups excluding carboxylic acids is 1. The van der Waals surface area contributed by atoms with Crippen LogP contribution in [0.1, 0.15) is 25.5 Å². The van der Waals surface area contributed by atoms with Gasteiger partial charge >= 0.3 is 0 Å². The number of benzene rings is 1. The van der Waals surface area contributed by atoms with Crippen molar-refractivity contribution in [1.82, 2.24) is 29.1 Å². The Morgan fingerprint density at radius 1 is 1.16 bits per heavy atom. The van der Waals surface area contributed by atoms with E-state index in [1.54, 1.807) is 0 Å². The van der Waals surface area contributed by atoms with Gasteiger partial charge in [-0.3, -0.25) is 9.36 Å². The Morgan fingerprint density at radius 3 is 2.42 bits per heavy atom. The van der Waals surface area contributed by atoms with Crippen molar-refractivity contribution in [2.24, 2.45) is 18.2 Å². The third-order valence-electron chi connectivity index (χ3n) is 7.52. The van der Waals surface area contributed by atoms with Crippen molar-refractivity contribution in [1.29, 1.82) is 0 Å². The first-order valence-corrected chi connectivity index (χ1v) is 12.9. The highest BCUT2D eigenvalue weighted by molar-refractivity contribution is 6.30. The minimum absolute atomic E-state index is 0.0395. The summed E-state index contributed by atoms with van der Waals surface area (Å²) in [6.45, 7) is 5.42. The van der Waals surface area contributed by atoms with Gasteiger partial charge in [0, 0.05) is 61.7 Å². The second kappa shape index (κ2) is 9.88. The number of fused-ring (bicyclic) bond motifs is 1. The number of hydrogen-bond acceptors (Lipinski definition) is 8. The molecule has 1 aliphatic heterocycles. The Hall–Kier alpha value is -3.70. The molecule has 0 bridgehead atoms. The number of aliphatic hydroxyl groups excluding tert-OH is 1. The molecule has 0 atom stereocenters. The number of anilines is 2. The molecule has 4 aromatic rings. The maximum absolute atomic E-state index is 12.1. The summed E-state index contributed by atoms with van der Waals surface area (Å²) in [7, 11) is 3.79. The van der Waals surface area contributed by atoms with Crippen molar-refractivity contribution in [3.63, 3.8) is 0 Å². The number of likely N-dealkylation sites (N-methyl/N-ethyl adjacent to an activating group) is 1. The number of primary amides is 1. The molecule has 3 N–H and O–H groups in total. The van der Waals surface area contributed by atoms with Crippen molar-refractivity contribution >= 4 is 40.4 Å². The van der Waals surface area contributed by atoms with Crippen LogP contribution in [-0.2, 0) is 11.8 Å². The third-order valence-corrected chi connectivity index (χ3v) is 7.77. The predicted octanol–water partition coefficient (Wildman–Crippen LogP) is 2.70. The molecule has 3 aromatic heterocycles. The van der Waals surface area contributed by atoms with E-state index < -0.39 is 5.41 Å². The highest BCUT2D eigenvalue weighted by Gasteiger charge is 2.37. The fourth-order valence-electron chi connectivity index (χ4n) is 4.72. The first kappa shape index (κ1) is 25.9. The van der Waals surface area contributed by atoms with Crippen LogP contribution in [0.2, 0.25) is 5.02 Å². The summed E-state index contributed by atoms with van der Waals surface area (Å²) in [5, 5.41) is 10.2. The SMILES string of the molecule is Cc1cnc(-c2nc3c(N4CCC(C)(C(N)=O)CC4)nc(N(C)CCO)nc3n2-c2ccc(Cl)cc2)n1C. The maximum atomic E-state index is 12.1. The second-order valence-corrected chi connectivity index (χ2v) is 10.5. The van der Waals surface area contributed by atoms with Gasteiger partial charge in [0.2, 0.25) is 11.9 Å². The van der Waals surface area contributed by atoms with Crippen LogP contribution in [0.15, 0.2) is 30.5 Å².